The van der Waals surface area contributed by atoms with E-state index in [4.69, 9.17) is 16.3 Å². The summed E-state index contributed by atoms with van der Waals surface area (Å²) in [5.41, 5.74) is -0.544. The molecule has 1 heterocycles. The first-order valence-electron chi connectivity index (χ1n) is 7.11. The zero-order valence-electron chi connectivity index (χ0n) is 12.9. The molecule has 0 radical (unpaired) electrons. The van der Waals surface area contributed by atoms with E-state index in [0.29, 0.717) is 10.6 Å². The van der Waals surface area contributed by atoms with E-state index in [9.17, 15) is 19.7 Å². The van der Waals surface area contributed by atoms with Crippen LogP contribution in [-0.4, -0.2) is 17.0 Å². The van der Waals surface area contributed by atoms with Gasteiger partial charge >= 0.3 is 0 Å². The topological polar surface area (TPSA) is 102 Å². The van der Waals surface area contributed by atoms with Crippen molar-refractivity contribution in [2.75, 3.05) is 7.11 Å². The molecule has 0 unspecified atom stereocenters. The van der Waals surface area contributed by atoms with Gasteiger partial charge in [-0.15, -0.1) is 0 Å². The molecule has 0 spiro atoms. The molecule has 1 N–H and O–H groups in total. The maximum absolute atomic E-state index is 13.0. The average Bonchev–Trinajstić information content (AvgIpc) is 2.68. The van der Waals surface area contributed by atoms with E-state index < -0.39 is 15.9 Å². The monoisotopic (exact) mass is 358 g/mol. The highest BCUT2D eigenvalue weighted by molar-refractivity contribution is 6.31. The van der Waals surface area contributed by atoms with Gasteiger partial charge in [-0.1, -0.05) is 11.6 Å². The molecule has 0 aliphatic carbocycles. The Kier molecular flexibility index (Phi) is 4.24. The third-order valence-electron chi connectivity index (χ3n) is 3.71. The summed E-state index contributed by atoms with van der Waals surface area (Å²) in [6, 6.07) is 9.83. The van der Waals surface area contributed by atoms with Crippen LogP contribution in [0.1, 0.15) is 0 Å². The summed E-state index contributed by atoms with van der Waals surface area (Å²) in [5.74, 6) is -0.175. The number of H-pyrrole nitrogens is 1. The van der Waals surface area contributed by atoms with Crippen LogP contribution in [0.15, 0.2) is 52.1 Å². The van der Waals surface area contributed by atoms with Gasteiger partial charge in [-0.25, -0.2) is 0 Å². The largest absolute Gasteiger partial charge is 0.491 e. The van der Waals surface area contributed by atoms with Crippen LogP contribution < -0.4 is 15.7 Å². The number of ether oxygens (including phenoxy) is 1. The predicted octanol–water partition coefficient (Wildman–Crippen LogP) is 3.13. The van der Waals surface area contributed by atoms with Crippen molar-refractivity contribution in [3.05, 3.63) is 78.2 Å². The summed E-state index contributed by atoms with van der Waals surface area (Å²) in [6.45, 7) is 0. The fraction of sp³-hybridized carbons (Fsp3) is 0.0588. The van der Waals surface area contributed by atoms with E-state index in [1.807, 2.05) is 0 Å². The second kappa shape index (κ2) is 6.37. The smallest absolute Gasteiger partial charge is 0.291 e. The van der Waals surface area contributed by atoms with Crippen molar-refractivity contribution in [1.82, 2.24) is 4.98 Å². The van der Waals surface area contributed by atoms with Gasteiger partial charge in [0.25, 0.3) is 11.2 Å². The van der Waals surface area contributed by atoms with E-state index in [2.05, 4.69) is 4.98 Å². The van der Waals surface area contributed by atoms with Gasteiger partial charge in [0.1, 0.15) is 0 Å². The number of benzene rings is 2. The molecular formula is C17H11ClN2O5. The molecule has 126 valence electrons. The van der Waals surface area contributed by atoms with Gasteiger partial charge in [-0.3, -0.25) is 19.7 Å². The number of nitro benzene ring substituents is 1. The first-order valence-corrected chi connectivity index (χ1v) is 7.49. The van der Waals surface area contributed by atoms with Crippen LogP contribution in [0, 0.1) is 10.1 Å². The van der Waals surface area contributed by atoms with Crippen molar-refractivity contribution >= 4 is 28.2 Å². The molecule has 2 aromatic carbocycles. The molecule has 0 aliphatic rings. The number of aromatic amines is 1. The molecule has 8 heteroatoms. The van der Waals surface area contributed by atoms with Crippen LogP contribution in [0.4, 0.5) is 5.69 Å². The lowest BCUT2D eigenvalue weighted by Crippen LogP contribution is -2.10. The van der Waals surface area contributed by atoms with Crippen LogP contribution in [-0.2, 0) is 0 Å². The number of halogens is 1. The van der Waals surface area contributed by atoms with Crippen LogP contribution in [0.25, 0.3) is 22.0 Å². The molecule has 0 bridgehead atoms. The van der Waals surface area contributed by atoms with Gasteiger partial charge in [-0.05, 0) is 35.9 Å². The number of methoxy groups -OCH3 is 1. The maximum Gasteiger partial charge on any atom is 0.291 e. The molecule has 1 aromatic heterocycles. The summed E-state index contributed by atoms with van der Waals surface area (Å²) in [7, 11) is 1.27. The van der Waals surface area contributed by atoms with Crippen molar-refractivity contribution in [2.45, 2.75) is 0 Å². The molecular weight excluding hydrogens is 348 g/mol. The molecule has 3 rings (SSSR count). The van der Waals surface area contributed by atoms with Gasteiger partial charge in [-0.2, -0.15) is 0 Å². The average molecular weight is 359 g/mol. The summed E-state index contributed by atoms with van der Waals surface area (Å²) in [4.78, 5) is 38.2. The number of fused-ring (bicyclic) bond motifs is 1. The fourth-order valence-corrected chi connectivity index (χ4v) is 2.73. The van der Waals surface area contributed by atoms with Crippen molar-refractivity contribution < 1.29 is 9.66 Å². The van der Waals surface area contributed by atoms with Crippen molar-refractivity contribution in [3.63, 3.8) is 0 Å². The third-order valence-corrected chi connectivity index (χ3v) is 3.94. The number of hydrogen-bond donors (Lipinski definition) is 1. The Balaban J connectivity index is 2.43. The van der Waals surface area contributed by atoms with Gasteiger partial charge in [0.05, 0.1) is 23.1 Å². The summed E-state index contributed by atoms with van der Waals surface area (Å²) in [6.07, 6.45) is 0. The zero-order chi connectivity index (χ0) is 18.1. The van der Waals surface area contributed by atoms with E-state index in [-0.39, 0.29) is 27.9 Å². The normalized spacial score (nSPS) is 10.6. The number of rotatable bonds is 3. The van der Waals surface area contributed by atoms with Gasteiger partial charge < -0.3 is 9.72 Å². The van der Waals surface area contributed by atoms with Gasteiger partial charge in [0.2, 0.25) is 0 Å². The second-order valence-corrected chi connectivity index (χ2v) is 5.62. The Bertz CT molecular complexity index is 1110. The Morgan fingerprint density at radius 1 is 1.12 bits per heavy atom. The van der Waals surface area contributed by atoms with Crippen LogP contribution in [0.5, 0.6) is 5.75 Å². The molecule has 0 amide bonds. The van der Waals surface area contributed by atoms with E-state index >= 15 is 0 Å². The standard InChI is InChI=1S/C17H11ClN2O5/c1-25-16-14(9-2-5-11(6-3-9)20(23)24)15(21)12-7-4-10(18)8-13(12)19-17(16)22/h2-8H,1H3,(H,19,22). The summed E-state index contributed by atoms with van der Waals surface area (Å²) >= 11 is 5.92. The van der Waals surface area contributed by atoms with Crippen molar-refractivity contribution in [3.8, 4) is 16.9 Å². The number of nitro groups is 1. The molecule has 0 aliphatic heterocycles. The van der Waals surface area contributed by atoms with Gasteiger partial charge in [0, 0.05) is 22.5 Å². The van der Waals surface area contributed by atoms with Crippen molar-refractivity contribution in [2.24, 2.45) is 0 Å². The SMILES string of the molecule is COc1c(-c2ccc([N+](=O)[O-])cc2)c(=O)c2ccc(Cl)cc2[nH]c1=O. The number of aromatic nitrogens is 1. The highest BCUT2D eigenvalue weighted by atomic mass is 35.5. The third kappa shape index (κ3) is 2.97. The Morgan fingerprint density at radius 3 is 2.40 bits per heavy atom. The Labute approximate surface area is 145 Å². The first-order chi connectivity index (χ1) is 11.9. The van der Waals surface area contributed by atoms with Crippen LogP contribution >= 0.6 is 11.6 Å². The second-order valence-electron chi connectivity index (χ2n) is 5.19. The quantitative estimate of drug-likeness (QED) is 0.572. The Morgan fingerprint density at radius 2 is 1.80 bits per heavy atom. The lowest BCUT2D eigenvalue weighted by atomic mass is 10.0. The lowest BCUT2D eigenvalue weighted by molar-refractivity contribution is -0.384. The number of non-ortho nitro benzene ring substituents is 1. The number of hydrogen-bond acceptors (Lipinski definition) is 5. The molecule has 0 atom stereocenters. The van der Waals surface area contributed by atoms with Gasteiger partial charge in [0.15, 0.2) is 11.2 Å². The molecule has 3 aromatic rings. The minimum Gasteiger partial charge on any atom is -0.491 e. The minimum atomic E-state index is -0.606. The highest BCUT2D eigenvalue weighted by Crippen LogP contribution is 2.26. The minimum absolute atomic E-state index is 0.0240. The number of nitrogens with zero attached hydrogens (tertiary/aromatic N) is 1. The zero-order valence-corrected chi connectivity index (χ0v) is 13.7. The fourth-order valence-electron chi connectivity index (χ4n) is 2.56. The van der Waals surface area contributed by atoms with Crippen LogP contribution in [0.2, 0.25) is 5.02 Å². The highest BCUT2D eigenvalue weighted by Gasteiger charge is 2.17. The van der Waals surface area contributed by atoms with Crippen LogP contribution in [0.3, 0.4) is 0 Å². The molecule has 0 saturated carbocycles. The van der Waals surface area contributed by atoms with E-state index in [0.717, 1.165) is 0 Å². The van der Waals surface area contributed by atoms with Crippen molar-refractivity contribution in [1.29, 1.82) is 0 Å². The van der Waals surface area contributed by atoms with E-state index in [1.54, 1.807) is 0 Å². The Hall–Kier alpha value is -3.19. The predicted molar refractivity (Wildman–Crippen MR) is 94.5 cm³/mol. The van der Waals surface area contributed by atoms with E-state index in [1.165, 1.54) is 49.6 Å². The number of nitrogens with one attached hydrogen (secondary N) is 1. The summed E-state index contributed by atoms with van der Waals surface area (Å²) < 4.78 is 5.14. The molecule has 0 saturated heterocycles. The summed E-state index contributed by atoms with van der Waals surface area (Å²) in [5, 5.41) is 11.4. The molecule has 7 nitrogen and oxygen atoms in total. The lowest BCUT2D eigenvalue weighted by Gasteiger charge is -2.03. The molecule has 25 heavy (non-hydrogen) atoms. The maximum atomic E-state index is 13.0. The molecule has 0 fully saturated rings. The first kappa shape index (κ1) is 16.7.